The standard InChI is InChI=1S/C10H21NO5/c1-3-15-9(11)7-14-6-8(2)16-5-4-10(12)13/h8-9H,3-7,11H2,1-2H3,(H,12,13). The summed E-state index contributed by atoms with van der Waals surface area (Å²) in [4.78, 5) is 10.2. The molecule has 0 rings (SSSR count). The highest BCUT2D eigenvalue weighted by molar-refractivity contribution is 5.66. The van der Waals surface area contributed by atoms with Gasteiger partial charge in [0.25, 0.3) is 0 Å². The molecule has 6 heteroatoms. The molecule has 0 fully saturated rings. The van der Waals surface area contributed by atoms with Gasteiger partial charge >= 0.3 is 5.97 Å². The number of aliphatic carboxylic acids is 1. The van der Waals surface area contributed by atoms with Crippen LogP contribution in [0, 0.1) is 0 Å². The van der Waals surface area contributed by atoms with Crippen LogP contribution in [0.5, 0.6) is 0 Å². The normalized spacial score (nSPS) is 14.7. The monoisotopic (exact) mass is 235 g/mol. The number of rotatable bonds is 10. The largest absolute Gasteiger partial charge is 0.481 e. The van der Waals surface area contributed by atoms with Gasteiger partial charge in [0.15, 0.2) is 0 Å². The molecule has 0 aliphatic rings. The SMILES string of the molecule is CCOC(N)COCC(C)OCCC(=O)O. The van der Waals surface area contributed by atoms with Gasteiger partial charge in [-0.1, -0.05) is 0 Å². The lowest BCUT2D eigenvalue weighted by atomic mass is 10.4. The molecule has 0 aromatic carbocycles. The lowest BCUT2D eigenvalue weighted by Crippen LogP contribution is -2.31. The summed E-state index contributed by atoms with van der Waals surface area (Å²) in [5.41, 5.74) is 5.54. The first-order chi connectivity index (χ1) is 7.56. The Labute approximate surface area is 95.7 Å². The molecule has 2 unspecified atom stereocenters. The molecule has 6 nitrogen and oxygen atoms in total. The zero-order valence-corrected chi connectivity index (χ0v) is 9.85. The van der Waals surface area contributed by atoms with Crippen molar-refractivity contribution in [1.29, 1.82) is 0 Å². The third-order valence-corrected chi connectivity index (χ3v) is 1.73. The van der Waals surface area contributed by atoms with Gasteiger partial charge in [0.1, 0.15) is 6.23 Å². The number of ether oxygens (including phenoxy) is 3. The van der Waals surface area contributed by atoms with Crippen LogP contribution in [0.2, 0.25) is 0 Å². The molecule has 0 aromatic heterocycles. The van der Waals surface area contributed by atoms with Gasteiger partial charge in [-0.05, 0) is 13.8 Å². The first kappa shape index (κ1) is 15.3. The summed E-state index contributed by atoms with van der Waals surface area (Å²) < 4.78 is 15.5. The van der Waals surface area contributed by atoms with Crippen molar-refractivity contribution < 1.29 is 24.1 Å². The van der Waals surface area contributed by atoms with E-state index in [1.807, 2.05) is 13.8 Å². The molecule has 0 aromatic rings. The Morgan fingerprint density at radius 2 is 2.06 bits per heavy atom. The number of nitrogens with two attached hydrogens (primary N) is 1. The van der Waals surface area contributed by atoms with Crippen molar-refractivity contribution in [2.75, 3.05) is 26.4 Å². The number of carboxylic acids is 1. The fraction of sp³-hybridized carbons (Fsp3) is 0.900. The molecular weight excluding hydrogens is 214 g/mol. The van der Waals surface area contributed by atoms with Crippen molar-refractivity contribution >= 4 is 5.97 Å². The van der Waals surface area contributed by atoms with Crippen LogP contribution in [-0.2, 0) is 19.0 Å². The minimum atomic E-state index is -0.869. The highest BCUT2D eigenvalue weighted by Gasteiger charge is 2.06. The van der Waals surface area contributed by atoms with E-state index in [1.165, 1.54) is 0 Å². The quantitative estimate of drug-likeness (QED) is 0.526. The molecule has 0 bridgehead atoms. The van der Waals surface area contributed by atoms with Crippen molar-refractivity contribution in [3.63, 3.8) is 0 Å². The molecule has 2 atom stereocenters. The van der Waals surface area contributed by atoms with Gasteiger partial charge in [0.05, 0.1) is 32.3 Å². The Balaban J connectivity index is 3.36. The fourth-order valence-corrected chi connectivity index (χ4v) is 1.01. The highest BCUT2D eigenvalue weighted by atomic mass is 16.6. The first-order valence-corrected chi connectivity index (χ1v) is 5.34. The van der Waals surface area contributed by atoms with E-state index in [-0.39, 0.29) is 19.1 Å². The van der Waals surface area contributed by atoms with Crippen LogP contribution in [-0.4, -0.2) is 49.8 Å². The van der Waals surface area contributed by atoms with E-state index in [0.717, 1.165) is 0 Å². The van der Waals surface area contributed by atoms with Crippen LogP contribution in [0.1, 0.15) is 20.3 Å². The molecule has 16 heavy (non-hydrogen) atoms. The van der Waals surface area contributed by atoms with E-state index < -0.39 is 12.2 Å². The van der Waals surface area contributed by atoms with E-state index in [4.69, 9.17) is 25.1 Å². The molecule has 3 N–H and O–H groups in total. The number of hydrogen-bond acceptors (Lipinski definition) is 5. The highest BCUT2D eigenvalue weighted by Crippen LogP contribution is 1.95. The van der Waals surface area contributed by atoms with Crippen molar-refractivity contribution in [2.45, 2.75) is 32.6 Å². The molecule has 0 spiro atoms. The molecule has 0 radical (unpaired) electrons. The van der Waals surface area contributed by atoms with Gasteiger partial charge < -0.3 is 25.1 Å². The molecule has 0 aliphatic heterocycles. The van der Waals surface area contributed by atoms with Gasteiger partial charge in [-0.2, -0.15) is 0 Å². The van der Waals surface area contributed by atoms with Gasteiger partial charge in [0.2, 0.25) is 0 Å². The average Bonchev–Trinajstić information content (AvgIpc) is 2.17. The van der Waals surface area contributed by atoms with Crippen LogP contribution >= 0.6 is 0 Å². The Kier molecular flexibility index (Phi) is 9.12. The van der Waals surface area contributed by atoms with E-state index in [9.17, 15) is 4.79 Å². The van der Waals surface area contributed by atoms with Crippen LogP contribution in [0.3, 0.4) is 0 Å². The minimum absolute atomic E-state index is 0.00278. The van der Waals surface area contributed by atoms with E-state index in [1.54, 1.807) is 0 Å². The number of carboxylic acid groups (broad SMARTS) is 1. The summed E-state index contributed by atoms with van der Waals surface area (Å²) in [6, 6.07) is 0. The third kappa shape index (κ3) is 9.85. The van der Waals surface area contributed by atoms with Crippen LogP contribution in [0.25, 0.3) is 0 Å². The molecule has 0 aliphatic carbocycles. The Morgan fingerprint density at radius 3 is 2.62 bits per heavy atom. The smallest absolute Gasteiger partial charge is 0.305 e. The van der Waals surface area contributed by atoms with E-state index >= 15 is 0 Å². The number of carbonyl (C=O) groups is 1. The third-order valence-electron chi connectivity index (χ3n) is 1.73. The zero-order valence-electron chi connectivity index (χ0n) is 9.85. The van der Waals surface area contributed by atoms with Gasteiger partial charge in [-0.25, -0.2) is 0 Å². The van der Waals surface area contributed by atoms with Crippen LogP contribution in [0.4, 0.5) is 0 Å². The summed E-state index contributed by atoms with van der Waals surface area (Å²) in [7, 11) is 0. The molecule has 0 saturated carbocycles. The maximum absolute atomic E-state index is 10.2. The maximum Gasteiger partial charge on any atom is 0.305 e. The summed E-state index contributed by atoms with van der Waals surface area (Å²) in [5, 5.41) is 8.39. The Morgan fingerprint density at radius 1 is 1.38 bits per heavy atom. The fourth-order valence-electron chi connectivity index (χ4n) is 1.01. The van der Waals surface area contributed by atoms with Crippen molar-refractivity contribution in [1.82, 2.24) is 0 Å². The van der Waals surface area contributed by atoms with Crippen LogP contribution in [0.15, 0.2) is 0 Å². The summed E-state index contributed by atoms with van der Waals surface area (Å²) in [6.07, 6.45) is -0.563. The van der Waals surface area contributed by atoms with E-state index in [2.05, 4.69) is 0 Å². The minimum Gasteiger partial charge on any atom is -0.481 e. The topological polar surface area (TPSA) is 91.0 Å². The lowest BCUT2D eigenvalue weighted by molar-refractivity contribution is -0.139. The van der Waals surface area contributed by atoms with Crippen molar-refractivity contribution in [3.8, 4) is 0 Å². The molecular formula is C10H21NO5. The molecule has 96 valence electrons. The Bertz CT molecular complexity index is 188. The van der Waals surface area contributed by atoms with Crippen molar-refractivity contribution in [3.05, 3.63) is 0 Å². The predicted octanol–water partition coefficient (Wildman–Crippen LogP) is 0.204. The van der Waals surface area contributed by atoms with Gasteiger partial charge in [-0.15, -0.1) is 0 Å². The maximum atomic E-state index is 10.2. The molecule has 0 amide bonds. The number of hydrogen-bond donors (Lipinski definition) is 2. The lowest BCUT2D eigenvalue weighted by Gasteiger charge is -2.15. The molecule has 0 saturated heterocycles. The predicted molar refractivity (Wildman–Crippen MR) is 58.1 cm³/mol. The molecule has 0 heterocycles. The van der Waals surface area contributed by atoms with E-state index in [0.29, 0.717) is 19.8 Å². The first-order valence-electron chi connectivity index (χ1n) is 5.34. The second kappa shape index (κ2) is 9.53. The van der Waals surface area contributed by atoms with Gasteiger partial charge in [-0.3, -0.25) is 4.79 Å². The van der Waals surface area contributed by atoms with Gasteiger partial charge in [0, 0.05) is 6.61 Å². The summed E-state index contributed by atoms with van der Waals surface area (Å²) in [5.74, 6) is -0.869. The summed E-state index contributed by atoms with van der Waals surface area (Å²) >= 11 is 0. The second-order valence-corrected chi connectivity index (χ2v) is 3.36. The summed E-state index contributed by atoms with van der Waals surface area (Å²) in [6.45, 7) is 5.10. The second-order valence-electron chi connectivity index (χ2n) is 3.36. The zero-order chi connectivity index (χ0) is 12.4. The Hall–Kier alpha value is -0.690. The average molecular weight is 235 g/mol. The van der Waals surface area contributed by atoms with Crippen LogP contribution < -0.4 is 5.73 Å². The van der Waals surface area contributed by atoms with Crippen molar-refractivity contribution in [2.24, 2.45) is 5.73 Å².